The Hall–Kier alpha value is -1.01. The van der Waals surface area contributed by atoms with Crippen LogP contribution in [0.1, 0.15) is 29.8 Å². The van der Waals surface area contributed by atoms with E-state index in [0.29, 0.717) is 11.1 Å². The summed E-state index contributed by atoms with van der Waals surface area (Å²) in [6, 6.07) is 0. The first-order valence-electron chi connectivity index (χ1n) is 6.07. The molecule has 0 atom stereocenters. The van der Waals surface area contributed by atoms with E-state index in [1.165, 1.54) is 6.42 Å². The molecule has 0 bridgehead atoms. The maximum absolute atomic E-state index is 12.1. The van der Waals surface area contributed by atoms with Crippen LogP contribution in [0.15, 0.2) is 6.20 Å². The zero-order chi connectivity index (χ0) is 11.7. The summed E-state index contributed by atoms with van der Waals surface area (Å²) in [6.07, 6.45) is 5.05. The monoisotopic (exact) mass is 252 g/mol. The summed E-state index contributed by atoms with van der Waals surface area (Å²) in [5.74, 6) is 0.0413. The normalized spacial score (nSPS) is 23.2. The molecule has 0 saturated carbocycles. The molecule has 5 nitrogen and oxygen atoms in total. The summed E-state index contributed by atoms with van der Waals surface area (Å²) in [6.45, 7) is 3.97. The van der Waals surface area contributed by atoms with Crippen molar-refractivity contribution in [1.29, 1.82) is 0 Å². The van der Waals surface area contributed by atoms with Crippen molar-refractivity contribution in [1.82, 2.24) is 19.0 Å². The van der Waals surface area contributed by atoms with Crippen molar-refractivity contribution in [3.05, 3.63) is 11.9 Å². The molecule has 2 fully saturated rings. The number of hydrogen-bond donors (Lipinski definition) is 1. The molecule has 1 aromatic rings. The summed E-state index contributed by atoms with van der Waals surface area (Å²) in [7, 11) is 0. The van der Waals surface area contributed by atoms with Crippen molar-refractivity contribution < 1.29 is 4.79 Å². The number of hydrogen-bond acceptors (Lipinski definition) is 5. The van der Waals surface area contributed by atoms with Crippen LogP contribution in [0.3, 0.4) is 0 Å². The van der Waals surface area contributed by atoms with Crippen LogP contribution in [0.5, 0.6) is 0 Å². The van der Waals surface area contributed by atoms with Crippen molar-refractivity contribution in [2.45, 2.75) is 19.3 Å². The third-order valence-corrected chi connectivity index (χ3v) is 4.50. The second kappa shape index (κ2) is 4.34. The summed E-state index contributed by atoms with van der Waals surface area (Å²) in [5.41, 5.74) is 0.951. The van der Waals surface area contributed by atoms with E-state index >= 15 is 0 Å². The second-order valence-electron chi connectivity index (χ2n) is 5.01. The van der Waals surface area contributed by atoms with Crippen molar-refractivity contribution >= 4 is 17.6 Å². The van der Waals surface area contributed by atoms with Gasteiger partial charge in [0.1, 0.15) is 0 Å². The molecule has 0 aromatic carbocycles. The van der Waals surface area contributed by atoms with Gasteiger partial charge in [0.2, 0.25) is 0 Å². The lowest BCUT2D eigenvalue weighted by molar-refractivity contribution is 0.0603. The van der Waals surface area contributed by atoms with E-state index < -0.39 is 0 Å². The minimum atomic E-state index is 0.0413. The SMILES string of the molecule is O=C(c1cnsn1)N1CCC2(CCNC2)CC1. The predicted octanol–water partition coefficient (Wildman–Crippen LogP) is 0.754. The highest BCUT2D eigenvalue weighted by Crippen LogP contribution is 2.37. The fourth-order valence-corrected chi connectivity index (χ4v) is 3.23. The van der Waals surface area contributed by atoms with E-state index in [-0.39, 0.29) is 5.91 Å². The van der Waals surface area contributed by atoms with Crippen LogP contribution >= 0.6 is 11.7 Å². The number of nitrogens with zero attached hydrogens (tertiary/aromatic N) is 3. The second-order valence-corrected chi connectivity index (χ2v) is 5.57. The zero-order valence-corrected chi connectivity index (χ0v) is 10.5. The molecule has 1 aromatic heterocycles. The highest BCUT2D eigenvalue weighted by Gasteiger charge is 2.38. The molecule has 3 rings (SSSR count). The zero-order valence-electron chi connectivity index (χ0n) is 9.69. The molecule has 0 unspecified atom stereocenters. The summed E-state index contributed by atoms with van der Waals surface area (Å²) < 4.78 is 7.89. The van der Waals surface area contributed by atoms with Gasteiger partial charge in [-0.2, -0.15) is 8.75 Å². The molecular formula is C11H16N4OS. The highest BCUT2D eigenvalue weighted by molar-refractivity contribution is 6.99. The molecule has 1 amide bonds. The molecule has 1 N–H and O–H groups in total. The van der Waals surface area contributed by atoms with Gasteiger partial charge in [0, 0.05) is 19.6 Å². The van der Waals surface area contributed by atoms with Crippen LogP contribution in [0, 0.1) is 5.41 Å². The van der Waals surface area contributed by atoms with E-state index in [1.54, 1.807) is 6.20 Å². The Balaban J connectivity index is 1.63. The Labute approximate surface area is 105 Å². The van der Waals surface area contributed by atoms with Gasteiger partial charge in [0.05, 0.1) is 17.9 Å². The lowest BCUT2D eigenvalue weighted by atomic mass is 9.78. The lowest BCUT2D eigenvalue weighted by Gasteiger charge is -2.38. The number of carbonyl (C=O) groups is 1. The number of nitrogens with one attached hydrogen (secondary N) is 1. The summed E-state index contributed by atoms with van der Waals surface area (Å²) >= 11 is 1.09. The van der Waals surface area contributed by atoms with Gasteiger partial charge in [0.15, 0.2) is 5.69 Å². The van der Waals surface area contributed by atoms with E-state index in [9.17, 15) is 4.79 Å². The summed E-state index contributed by atoms with van der Waals surface area (Å²) in [4.78, 5) is 14.0. The fraction of sp³-hybridized carbons (Fsp3) is 0.727. The molecule has 1 spiro atoms. The van der Waals surface area contributed by atoms with E-state index in [4.69, 9.17) is 0 Å². The van der Waals surface area contributed by atoms with Crippen LogP contribution in [0.2, 0.25) is 0 Å². The molecule has 2 aliphatic heterocycles. The van der Waals surface area contributed by atoms with Crippen LogP contribution < -0.4 is 5.32 Å². The number of piperidine rings is 1. The van der Waals surface area contributed by atoms with Crippen molar-refractivity contribution in [2.75, 3.05) is 26.2 Å². The minimum Gasteiger partial charge on any atom is -0.337 e. The number of carbonyl (C=O) groups excluding carboxylic acids is 1. The van der Waals surface area contributed by atoms with E-state index in [0.717, 1.165) is 50.7 Å². The Morgan fingerprint density at radius 2 is 2.24 bits per heavy atom. The quantitative estimate of drug-likeness (QED) is 0.801. The van der Waals surface area contributed by atoms with E-state index in [1.807, 2.05) is 4.90 Å². The molecule has 2 aliphatic rings. The molecule has 0 aliphatic carbocycles. The third kappa shape index (κ3) is 2.07. The van der Waals surface area contributed by atoms with Gasteiger partial charge < -0.3 is 10.2 Å². The van der Waals surface area contributed by atoms with Gasteiger partial charge in [-0.05, 0) is 31.2 Å². The molecule has 92 valence electrons. The van der Waals surface area contributed by atoms with Gasteiger partial charge in [-0.15, -0.1) is 0 Å². The number of amides is 1. The van der Waals surface area contributed by atoms with Gasteiger partial charge >= 0.3 is 0 Å². The number of rotatable bonds is 1. The number of likely N-dealkylation sites (tertiary alicyclic amines) is 1. The average Bonchev–Trinajstić information content (AvgIpc) is 3.01. The van der Waals surface area contributed by atoms with Gasteiger partial charge in [-0.25, -0.2) is 0 Å². The van der Waals surface area contributed by atoms with Crippen LogP contribution in [0.4, 0.5) is 0 Å². The first kappa shape index (κ1) is 11.1. The molecule has 2 saturated heterocycles. The first-order chi connectivity index (χ1) is 8.29. The Bertz CT molecular complexity index is 390. The lowest BCUT2D eigenvalue weighted by Crippen LogP contribution is -2.44. The van der Waals surface area contributed by atoms with Crippen molar-refractivity contribution in [2.24, 2.45) is 5.41 Å². The van der Waals surface area contributed by atoms with Crippen LogP contribution in [-0.2, 0) is 0 Å². The standard InChI is InChI=1S/C11H16N4OS/c16-10(9-7-13-17-14-9)15-5-2-11(3-6-15)1-4-12-8-11/h7,12H,1-6,8H2. The first-order valence-corrected chi connectivity index (χ1v) is 6.80. The van der Waals surface area contributed by atoms with Crippen molar-refractivity contribution in [3.8, 4) is 0 Å². The average molecular weight is 252 g/mol. The molecular weight excluding hydrogens is 236 g/mol. The maximum Gasteiger partial charge on any atom is 0.275 e. The summed E-state index contributed by atoms with van der Waals surface area (Å²) in [5, 5.41) is 3.43. The predicted molar refractivity (Wildman–Crippen MR) is 65.0 cm³/mol. The molecule has 17 heavy (non-hydrogen) atoms. The maximum atomic E-state index is 12.1. The van der Waals surface area contributed by atoms with Gasteiger partial charge in [-0.1, -0.05) is 0 Å². The Morgan fingerprint density at radius 1 is 1.41 bits per heavy atom. The third-order valence-electron chi connectivity index (χ3n) is 4.02. The smallest absolute Gasteiger partial charge is 0.275 e. The fourth-order valence-electron chi connectivity index (χ4n) is 2.83. The number of aromatic nitrogens is 2. The largest absolute Gasteiger partial charge is 0.337 e. The molecule has 3 heterocycles. The Kier molecular flexibility index (Phi) is 2.84. The minimum absolute atomic E-state index is 0.0413. The van der Waals surface area contributed by atoms with Gasteiger partial charge in [-0.3, -0.25) is 4.79 Å². The van der Waals surface area contributed by atoms with Gasteiger partial charge in [0.25, 0.3) is 5.91 Å². The molecule has 6 heteroatoms. The Morgan fingerprint density at radius 3 is 2.82 bits per heavy atom. The van der Waals surface area contributed by atoms with Crippen molar-refractivity contribution in [3.63, 3.8) is 0 Å². The van der Waals surface area contributed by atoms with E-state index in [2.05, 4.69) is 14.1 Å². The van der Waals surface area contributed by atoms with Crippen LogP contribution in [0.25, 0.3) is 0 Å². The highest BCUT2D eigenvalue weighted by atomic mass is 32.1. The topological polar surface area (TPSA) is 58.1 Å². The van der Waals surface area contributed by atoms with Crippen LogP contribution in [-0.4, -0.2) is 45.7 Å². The molecule has 0 radical (unpaired) electrons.